The minimum absolute atomic E-state index is 0.168. The van der Waals surface area contributed by atoms with Crippen LogP contribution in [-0.4, -0.2) is 25.7 Å². The zero-order valence-corrected chi connectivity index (χ0v) is 21.0. The number of carbonyl (C=O) groups excluding carboxylic acids is 2. The number of hydrogen-bond donors (Lipinski definition) is 0. The van der Waals surface area contributed by atoms with E-state index in [1.54, 1.807) is 72.4 Å². The number of rotatable bonds is 8. The Labute approximate surface area is 221 Å². The molecule has 0 aromatic heterocycles. The second-order valence-corrected chi connectivity index (χ2v) is 8.52. The van der Waals surface area contributed by atoms with E-state index in [9.17, 15) is 20.1 Å². The molecule has 38 heavy (non-hydrogen) atoms. The van der Waals surface area contributed by atoms with Gasteiger partial charge in [-0.05, 0) is 72.8 Å². The van der Waals surface area contributed by atoms with Crippen LogP contribution in [0.25, 0.3) is 0 Å². The molecule has 0 heterocycles. The predicted molar refractivity (Wildman–Crippen MR) is 148 cm³/mol. The first-order valence-electron chi connectivity index (χ1n) is 11.9. The number of carbonyl (C=O) groups is 2. The molecule has 0 aliphatic carbocycles. The lowest BCUT2D eigenvalue weighted by Crippen LogP contribution is -2.34. The molecule has 0 unspecified atom stereocenters. The zero-order valence-electron chi connectivity index (χ0n) is 21.0. The third kappa shape index (κ3) is 5.36. The smallest absolute Gasteiger partial charge is 0.211 e. The van der Waals surface area contributed by atoms with Gasteiger partial charge in [0.05, 0.1) is 23.3 Å². The Morgan fingerprint density at radius 3 is 1.13 bits per heavy atom. The molecule has 4 aromatic carbocycles. The van der Waals surface area contributed by atoms with Gasteiger partial charge in [0.1, 0.15) is 11.4 Å². The lowest BCUT2D eigenvalue weighted by Gasteiger charge is -2.30. The van der Waals surface area contributed by atoms with Gasteiger partial charge in [-0.3, -0.25) is 9.59 Å². The summed E-state index contributed by atoms with van der Waals surface area (Å²) in [5.41, 5.74) is 3.31. The van der Waals surface area contributed by atoms with E-state index in [0.29, 0.717) is 22.3 Å². The highest BCUT2D eigenvalue weighted by molar-refractivity contribution is 6.20. The Morgan fingerprint density at radius 1 is 0.526 bits per heavy atom. The van der Waals surface area contributed by atoms with E-state index < -0.39 is 0 Å². The minimum Gasteiger partial charge on any atom is -0.340 e. The fourth-order valence-corrected chi connectivity index (χ4v) is 4.06. The van der Waals surface area contributed by atoms with Gasteiger partial charge in [0.2, 0.25) is 11.6 Å². The lowest BCUT2D eigenvalue weighted by molar-refractivity contribution is 0.0995. The molecule has 0 saturated carbocycles. The topological polar surface area (TPSA) is 88.2 Å². The van der Waals surface area contributed by atoms with Crippen molar-refractivity contribution in [1.29, 1.82) is 10.5 Å². The summed E-state index contributed by atoms with van der Waals surface area (Å²) in [6.45, 7) is 0. The van der Waals surface area contributed by atoms with Gasteiger partial charge in [-0.25, -0.2) is 0 Å². The summed E-state index contributed by atoms with van der Waals surface area (Å²) < 4.78 is 0. The van der Waals surface area contributed by atoms with E-state index in [-0.39, 0.29) is 23.0 Å². The molecule has 0 atom stereocenters. The van der Waals surface area contributed by atoms with Gasteiger partial charge in [0, 0.05) is 36.6 Å². The number of benzene rings is 4. The standard InChI is InChI=1S/C32H24N4O2/c1-35(27-9-5-3-6-10-27)29(31(37)25-17-13-23(21-33)14-18-25)30(36(2)28-11-7-4-8-12-28)32(38)26-19-15-24(22-34)16-20-26/h3-20H,1-2H3/b30-29-. The Kier molecular flexibility index (Phi) is 7.77. The van der Waals surface area contributed by atoms with E-state index in [4.69, 9.17) is 0 Å². The van der Waals surface area contributed by atoms with Crippen molar-refractivity contribution in [2.24, 2.45) is 0 Å². The molecule has 6 heteroatoms. The van der Waals surface area contributed by atoms with Crippen LogP contribution in [0.1, 0.15) is 31.8 Å². The van der Waals surface area contributed by atoms with Crippen LogP contribution in [-0.2, 0) is 0 Å². The van der Waals surface area contributed by atoms with Crippen LogP contribution < -0.4 is 9.80 Å². The van der Waals surface area contributed by atoms with Crippen LogP contribution in [0.4, 0.5) is 11.4 Å². The number of nitrogens with zero attached hydrogens (tertiary/aromatic N) is 4. The normalized spacial score (nSPS) is 10.9. The van der Waals surface area contributed by atoms with Crippen LogP contribution in [0, 0.1) is 22.7 Å². The van der Waals surface area contributed by atoms with E-state index in [0.717, 1.165) is 11.4 Å². The predicted octanol–water partition coefficient (Wildman–Crippen LogP) is 5.98. The quantitative estimate of drug-likeness (QED) is 0.220. The van der Waals surface area contributed by atoms with Gasteiger partial charge < -0.3 is 9.80 Å². The zero-order chi connectivity index (χ0) is 27.1. The summed E-state index contributed by atoms with van der Waals surface area (Å²) in [5.74, 6) is -0.749. The van der Waals surface area contributed by atoms with Crippen molar-refractivity contribution in [2.75, 3.05) is 23.9 Å². The molecule has 0 amide bonds. The highest BCUT2D eigenvalue weighted by atomic mass is 16.1. The fraction of sp³-hybridized carbons (Fsp3) is 0.0625. The molecule has 0 spiro atoms. The highest BCUT2D eigenvalue weighted by Crippen LogP contribution is 2.29. The van der Waals surface area contributed by atoms with Gasteiger partial charge in [0.15, 0.2) is 0 Å². The Bertz CT molecular complexity index is 1440. The molecular weight excluding hydrogens is 472 g/mol. The van der Waals surface area contributed by atoms with Gasteiger partial charge in [-0.2, -0.15) is 10.5 Å². The first kappa shape index (κ1) is 25.6. The van der Waals surface area contributed by atoms with Gasteiger partial charge in [-0.1, -0.05) is 36.4 Å². The van der Waals surface area contributed by atoms with Crippen LogP contribution in [0.5, 0.6) is 0 Å². The third-order valence-corrected chi connectivity index (χ3v) is 6.16. The maximum Gasteiger partial charge on any atom is 0.211 e. The largest absolute Gasteiger partial charge is 0.340 e. The van der Waals surface area contributed by atoms with Crippen molar-refractivity contribution in [1.82, 2.24) is 0 Å². The average molecular weight is 497 g/mol. The van der Waals surface area contributed by atoms with Crippen LogP contribution in [0.15, 0.2) is 121 Å². The van der Waals surface area contributed by atoms with E-state index in [1.807, 2.05) is 60.7 Å². The second-order valence-electron chi connectivity index (χ2n) is 8.52. The number of nitriles is 2. The van der Waals surface area contributed by atoms with Crippen molar-refractivity contribution in [3.8, 4) is 12.1 Å². The highest BCUT2D eigenvalue weighted by Gasteiger charge is 2.30. The SMILES string of the molecule is CN(/C(C(=O)c1ccc(C#N)cc1)=C(/C(=O)c1ccc(C#N)cc1)N(C)c1ccccc1)c1ccccc1. The van der Waals surface area contributed by atoms with Crippen LogP contribution >= 0.6 is 0 Å². The van der Waals surface area contributed by atoms with Gasteiger partial charge in [0.25, 0.3) is 0 Å². The minimum atomic E-state index is -0.374. The van der Waals surface area contributed by atoms with Crippen molar-refractivity contribution >= 4 is 22.9 Å². The van der Waals surface area contributed by atoms with E-state index >= 15 is 0 Å². The average Bonchev–Trinajstić information content (AvgIpc) is 2.99. The third-order valence-electron chi connectivity index (χ3n) is 6.16. The van der Waals surface area contributed by atoms with Crippen molar-refractivity contribution in [3.05, 3.63) is 143 Å². The van der Waals surface area contributed by atoms with Crippen molar-refractivity contribution < 1.29 is 9.59 Å². The summed E-state index contributed by atoms with van der Waals surface area (Å²) in [6.07, 6.45) is 0. The van der Waals surface area contributed by atoms with E-state index in [2.05, 4.69) is 12.1 Å². The monoisotopic (exact) mass is 496 g/mol. The fourth-order valence-electron chi connectivity index (χ4n) is 4.06. The summed E-state index contributed by atoms with van der Waals surface area (Å²) in [7, 11) is 3.49. The van der Waals surface area contributed by atoms with Gasteiger partial charge >= 0.3 is 0 Å². The molecule has 0 N–H and O–H groups in total. The van der Waals surface area contributed by atoms with Crippen LogP contribution in [0.3, 0.4) is 0 Å². The number of anilines is 2. The Morgan fingerprint density at radius 2 is 0.842 bits per heavy atom. The maximum atomic E-state index is 14.2. The Balaban J connectivity index is 1.99. The molecule has 4 rings (SSSR count). The molecule has 0 fully saturated rings. The lowest BCUT2D eigenvalue weighted by atomic mass is 9.98. The molecule has 6 nitrogen and oxygen atoms in total. The number of likely N-dealkylation sites (N-methyl/N-ethyl adjacent to an activating group) is 2. The molecule has 0 aliphatic heterocycles. The molecular formula is C32H24N4O2. The Hall–Kier alpha value is -5.46. The molecule has 184 valence electrons. The second kappa shape index (κ2) is 11.5. The first-order valence-corrected chi connectivity index (χ1v) is 11.9. The molecule has 4 aromatic rings. The summed E-state index contributed by atoms with van der Waals surface area (Å²) in [4.78, 5) is 31.7. The molecule has 0 saturated heterocycles. The first-order chi connectivity index (χ1) is 18.4. The number of hydrogen-bond acceptors (Lipinski definition) is 6. The molecule has 0 bridgehead atoms. The number of para-hydroxylation sites is 2. The molecule has 0 aliphatic rings. The number of ketones is 2. The number of Topliss-reactive ketones (excluding diaryl/α,β-unsaturated/α-hetero) is 2. The maximum absolute atomic E-state index is 14.2. The summed E-state index contributed by atoms with van der Waals surface area (Å²) in [5, 5.41) is 18.4. The number of allylic oxidation sites excluding steroid dienone is 2. The van der Waals surface area contributed by atoms with E-state index in [1.165, 1.54) is 0 Å². The molecule has 0 radical (unpaired) electrons. The summed E-state index contributed by atoms with van der Waals surface area (Å²) in [6, 6.07) is 35.4. The van der Waals surface area contributed by atoms with Crippen molar-refractivity contribution in [3.63, 3.8) is 0 Å². The summed E-state index contributed by atoms with van der Waals surface area (Å²) >= 11 is 0. The van der Waals surface area contributed by atoms with Crippen molar-refractivity contribution in [2.45, 2.75) is 0 Å². The van der Waals surface area contributed by atoms with Gasteiger partial charge in [-0.15, -0.1) is 0 Å². The van der Waals surface area contributed by atoms with Crippen LogP contribution in [0.2, 0.25) is 0 Å².